The molecule has 54 valence electrons. The van der Waals surface area contributed by atoms with Crippen molar-refractivity contribution in [3.63, 3.8) is 0 Å². The normalized spacial score (nSPS) is 13.6. The summed E-state index contributed by atoms with van der Waals surface area (Å²) in [5.41, 5.74) is 0.438. The Morgan fingerprint density at radius 3 is 2.11 bits per heavy atom. The van der Waals surface area contributed by atoms with Gasteiger partial charge in [0, 0.05) is 11.1 Å². The second kappa shape index (κ2) is 2.97. The Kier molecular flexibility index (Phi) is 2.85. The number of halogens is 1. The Morgan fingerprint density at radius 1 is 1.56 bits per heavy atom. The molecule has 0 aliphatic heterocycles. The van der Waals surface area contributed by atoms with Gasteiger partial charge in [-0.3, -0.25) is 0 Å². The predicted octanol–water partition coefficient (Wildman–Crippen LogP) is 1.20. The van der Waals surface area contributed by atoms with Gasteiger partial charge in [0.25, 0.3) is 0 Å². The van der Waals surface area contributed by atoms with Crippen LogP contribution in [-0.2, 0) is 4.74 Å². The van der Waals surface area contributed by atoms with Crippen molar-refractivity contribution in [2.24, 2.45) is 0 Å². The summed E-state index contributed by atoms with van der Waals surface area (Å²) >= 11 is 5.06. The van der Waals surface area contributed by atoms with E-state index in [-0.39, 0.29) is 0 Å². The van der Waals surface area contributed by atoms with E-state index in [2.05, 4.69) is 0 Å². The maximum atomic E-state index is 10.4. The Morgan fingerprint density at radius 2 is 2.00 bits per heavy atom. The number of hydrogen-bond donors (Lipinski definition) is 0. The fraction of sp³-hybridized carbons (Fsp3) is 0.667. The van der Waals surface area contributed by atoms with Gasteiger partial charge in [-0.05, 0) is 0 Å². The molecule has 0 rings (SSSR count). The second-order valence-electron chi connectivity index (χ2n) is 2.64. The summed E-state index contributed by atoms with van der Waals surface area (Å²) in [5, 5.41) is 10.4. The lowest BCUT2D eigenvalue weighted by molar-refractivity contribution is -0.368. The summed E-state index contributed by atoms with van der Waals surface area (Å²) in [6, 6.07) is 0. The maximum absolute atomic E-state index is 10.4. The maximum Gasteiger partial charge on any atom is 0.0633 e. The van der Waals surface area contributed by atoms with E-state index in [1.165, 1.54) is 0 Å². The van der Waals surface area contributed by atoms with Crippen LogP contribution in [0.25, 0.3) is 0 Å². The summed E-state index contributed by atoms with van der Waals surface area (Å²) < 4.78 is 4.76. The molecule has 0 bridgehead atoms. The molecule has 0 radical (unpaired) electrons. The third kappa shape index (κ3) is 5.50. The lowest BCUT2D eigenvalue weighted by Crippen LogP contribution is -2.23. The smallest absolute Gasteiger partial charge is 0.0633 e. The van der Waals surface area contributed by atoms with Gasteiger partial charge >= 0.3 is 0 Å². The zero-order valence-electron chi connectivity index (χ0n) is 5.77. The molecular formula is C6H10ClO2-. The molecule has 3 heteroatoms. The zero-order valence-corrected chi connectivity index (χ0v) is 6.53. The topological polar surface area (TPSA) is 32.3 Å². The second-order valence-corrected chi connectivity index (χ2v) is 2.86. The first kappa shape index (κ1) is 8.63. The summed E-state index contributed by atoms with van der Waals surface area (Å²) in [4.78, 5) is 0. The minimum atomic E-state index is -0.496. The predicted molar refractivity (Wildman–Crippen MR) is 34.8 cm³/mol. The van der Waals surface area contributed by atoms with Gasteiger partial charge in [0.1, 0.15) is 0 Å². The molecule has 0 amide bonds. The van der Waals surface area contributed by atoms with Gasteiger partial charge in [-0.25, -0.2) is 0 Å². The number of hydrogen-bond acceptors (Lipinski definition) is 2. The van der Waals surface area contributed by atoms with E-state index in [1.54, 1.807) is 20.8 Å². The average Bonchev–Trinajstić information content (AvgIpc) is 1.62. The minimum Gasteiger partial charge on any atom is -0.607 e. The zero-order chi connectivity index (χ0) is 7.49. The SMILES string of the molecule is CC(C)(C)O/C([O-])=C/Cl. The van der Waals surface area contributed by atoms with E-state index >= 15 is 0 Å². The Bertz CT molecular complexity index is 113. The molecule has 9 heavy (non-hydrogen) atoms. The van der Waals surface area contributed by atoms with Crippen LogP contribution in [0, 0.1) is 0 Å². The summed E-state index contributed by atoms with van der Waals surface area (Å²) in [6.07, 6.45) is 0. The molecule has 0 atom stereocenters. The Balaban J connectivity index is 3.75. The molecule has 0 saturated heterocycles. The van der Waals surface area contributed by atoms with Crippen LogP contribution in [-0.4, -0.2) is 5.60 Å². The first-order valence-corrected chi connectivity index (χ1v) is 3.06. The van der Waals surface area contributed by atoms with Crippen molar-refractivity contribution in [1.29, 1.82) is 0 Å². The largest absolute Gasteiger partial charge is 0.607 e. The van der Waals surface area contributed by atoms with Crippen LogP contribution in [0.15, 0.2) is 11.5 Å². The van der Waals surface area contributed by atoms with Crippen LogP contribution in [0.4, 0.5) is 0 Å². The van der Waals surface area contributed by atoms with E-state index < -0.39 is 11.5 Å². The highest BCUT2D eigenvalue weighted by Gasteiger charge is 2.02. The fourth-order valence-corrected chi connectivity index (χ4v) is 0.369. The summed E-state index contributed by atoms with van der Waals surface area (Å²) in [7, 11) is 0. The quantitative estimate of drug-likeness (QED) is 0.525. The van der Waals surface area contributed by atoms with E-state index in [9.17, 15) is 5.11 Å². The van der Waals surface area contributed by atoms with Gasteiger partial charge in [0.15, 0.2) is 0 Å². The van der Waals surface area contributed by atoms with Crippen LogP contribution < -0.4 is 5.11 Å². The van der Waals surface area contributed by atoms with Crippen molar-refractivity contribution in [2.75, 3.05) is 0 Å². The first-order valence-electron chi connectivity index (χ1n) is 2.62. The molecule has 0 aromatic heterocycles. The van der Waals surface area contributed by atoms with Crippen LogP contribution in [0.3, 0.4) is 0 Å². The summed E-state index contributed by atoms with van der Waals surface area (Å²) in [6.45, 7) is 5.35. The van der Waals surface area contributed by atoms with E-state index in [0.29, 0.717) is 0 Å². The molecule has 0 spiro atoms. The van der Waals surface area contributed by atoms with E-state index in [4.69, 9.17) is 16.3 Å². The van der Waals surface area contributed by atoms with Crippen molar-refractivity contribution < 1.29 is 9.84 Å². The molecule has 0 unspecified atom stereocenters. The van der Waals surface area contributed by atoms with Gasteiger partial charge < -0.3 is 9.84 Å². The van der Waals surface area contributed by atoms with Gasteiger partial charge in [0.2, 0.25) is 0 Å². The lowest BCUT2D eigenvalue weighted by Gasteiger charge is -2.29. The molecule has 0 heterocycles. The molecule has 0 aromatic carbocycles. The van der Waals surface area contributed by atoms with Crippen LogP contribution in [0.5, 0.6) is 0 Å². The molecule has 0 saturated carbocycles. The molecule has 0 aromatic rings. The monoisotopic (exact) mass is 149 g/mol. The van der Waals surface area contributed by atoms with Crippen molar-refractivity contribution in [3.8, 4) is 0 Å². The molecular weight excluding hydrogens is 140 g/mol. The molecule has 0 N–H and O–H groups in total. The molecule has 0 fully saturated rings. The Labute approximate surface area is 60.1 Å². The van der Waals surface area contributed by atoms with Crippen molar-refractivity contribution >= 4 is 11.6 Å². The fourth-order valence-electron chi connectivity index (χ4n) is 0.324. The van der Waals surface area contributed by atoms with Crippen molar-refractivity contribution in [3.05, 3.63) is 11.5 Å². The van der Waals surface area contributed by atoms with Crippen LogP contribution in [0.1, 0.15) is 20.8 Å². The van der Waals surface area contributed by atoms with Crippen LogP contribution >= 0.6 is 11.6 Å². The average molecular weight is 150 g/mol. The molecule has 2 nitrogen and oxygen atoms in total. The van der Waals surface area contributed by atoms with Gasteiger partial charge in [-0.15, -0.1) is 0 Å². The molecule has 0 aliphatic rings. The molecule has 0 aliphatic carbocycles. The van der Waals surface area contributed by atoms with Gasteiger partial charge in [-0.1, -0.05) is 32.4 Å². The lowest BCUT2D eigenvalue weighted by atomic mass is 10.2. The third-order valence-corrected chi connectivity index (χ3v) is 0.674. The summed E-state index contributed by atoms with van der Waals surface area (Å²) in [5.74, 6) is -0.496. The van der Waals surface area contributed by atoms with E-state index in [0.717, 1.165) is 5.54 Å². The van der Waals surface area contributed by atoms with Crippen LogP contribution in [0.2, 0.25) is 0 Å². The highest BCUT2D eigenvalue weighted by Crippen LogP contribution is 2.09. The van der Waals surface area contributed by atoms with Gasteiger partial charge in [-0.2, -0.15) is 0 Å². The van der Waals surface area contributed by atoms with Gasteiger partial charge in [0.05, 0.1) is 5.95 Å². The van der Waals surface area contributed by atoms with Crippen molar-refractivity contribution in [1.82, 2.24) is 0 Å². The standard InChI is InChI=1S/C6H11ClO2/c1-6(2,3)9-5(8)4-7/h4,8H,1-3H3/p-1/b5-4+. The minimum absolute atomic E-state index is 0.442. The number of rotatable bonds is 1. The highest BCUT2D eigenvalue weighted by atomic mass is 35.5. The number of ether oxygens (including phenoxy) is 1. The van der Waals surface area contributed by atoms with E-state index in [1.807, 2.05) is 0 Å². The van der Waals surface area contributed by atoms with Crippen molar-refractivity contribution in [2.45, 2.75) is 26.4 Å². The highest BCUT2D eigenvalue weighted by molar-refractivity contribution is 6.25. The third-order valence-electron chi connectivity index (χ3n) is 0.496. The Hall–Kier alpha value is -0.370. The first-order chi connectivity index (χ1) is 3.95.